The van der Waals surface area contributed by atoms with Crippen molar-refractivity contribution in [1.29, 1.82) is 0 Å². The molecule has 2 unspecified atom stereocenters. The van der Waals surface area contributed by atoms with Crippen molar-refractivity contribution in [3.63, 3.8) is 0 Å². The van der Waals surface area contributed by atoms with E-state index in [1.165, 1.54) is 186 Å². The van der Waals surface area contributed by atoms with E-state index in [4.69, 9.17) is 18.9 Å². The number of esters is 2. The Kier molecular flexibility index (Phi) is 58.3. The Morgan fingerprint density at radius 2 is 0.722 bits per heavy atom. The van der Waals surface area contributed by atoms with Crippen LogP contribution in [0.1, 0.15) is 296 Å². The van der Waals surface area contributed by atoms with E-state index in [-0.39, 0.29) is 32.2 Å². The zero-order valence-electron chi connectivity index (χ0n) is 52.2. The van der Waals surface area contributed by atoms with Gasteiger partial charge in [-0.2, -0.15) is 0 Å². The average Bonchev–Trinajstić information content (AvgIpc) is 3.42. The molecule has 0 rings (SSSR count). The maximum atomic E-state index is 12.9. The number of likely N-dealkylation sites (N-methyl/N-ethyl adjacent to an activating group) is 1. The maximum absolute atomic E-state index is 12.9. The minimum atomic E-state index is -1.62. The van der Waals surface area contributed by atoms with Gasteiger partial charge in [-0.15, -0.1) is 0 Å². The van der Waals surface area contributed by atoms with Gasteiger partial charge in [0.25, 0.3) is 0 Å². The lowest BCUT2D eigenvalue weighted by atomic mass is 10.0. The van der Waals surface area contributed by atoms with Crippen LogP contribution in [0.4, 0.5) is 0 Å². The molecule has 9 heteroatoms. The number of carboxylic acid groups (broad SMARTS) is 1. The first kappa shape index (κ1) is 75.7. The van der Waals surface area contributed by atoms with Crippen LogP contribution in [0, 0.1) is 0 Å². The van der Waals surface area contributed by atoms with Gasteiger partial charge in [0.05, 0.1) is 40.3 Å². The van der Waals surface area contributed by atoms with Gasteiger partial charge in [0.1, 0.15) is 13.2 Å². The predicted molar refractivity (Wildman–Crippen MR) is 334 cm³/mol. The van der Waals surface area contributed by atoms with Crippen LogP contribution in [0.25, 0.3) is 0 Å². The third kappa shape index (κ3) is 62.2. The molecule has 0 fully saturated rings. The summed E-state index contributed by atoms with van der Waals surface area (Å²) >= 11 is 0. The molecule has 0 radical (unpaired) electrons. The van der Waals surface area contributed by atoms with Crippen molar-refractivity contribution in [2.45, 2.75) is 309 Å². The standard InChI is InChI=1S/C70H125NO8/c1-6-8-10-12-14-16-18-20-22-24-26-28-30-32-34-36-38-40-42-44-46-48-50-52-54-56-58-60-67(72)77-64-66(65-78-70(69(74)75)76-63-62-71(3,4)5)79-68(73)61-59-57-55-53-51-49-47-45-43-41-39-37-35-33-31-29-27-25-23-21-19-17-15-13-11-9-7-2/h9,11,15,17,21,23-24,26-27,29,33,35,66,70H,6-8,10,12-14,16,18-20,22,25,28,30-32,34,36-65H2,1-5H3/b11-9-,17-15-,23-21-,26-24-,29-27-,35-33-. The average molecular weight is 1110 g/mol. The van der Waals surface area contributed by atoms with Crippen molar-refractivity contribution >= 4 is 17.9 Å². The minimum Gasteiger partial charge on any atom is -0.545 e. The molecule has 0 amide bonds. The summed E-state index contributed by atoms with van der Waals surface area (Å²) in [6.45, 7) is 4.67. The normalized spacial score (nSPS) is 13.2. The largest absolute Gasteiger partial charge is 0.545 e. The number of nitrogens with zero attached hydrogens (tertiary/aromatic N) is 1. The first-order valence-electron chi connectivity index (χ1n) is 33.1. The monoisotopic (exact) mass is 1110 g/mol. The minimum absolute atomic E-state index is 0.146. The number of carbonyl (C=O) groups excluding carboxylic acids is 3. The molecule has 0 aliphatic carbocycles. The quantitative estimate of drug-likeness (QED) is 0.0195. The molecule has 458 valence electrons. The second-order valence-corrected chi connectivity index (χ2v) is 23.4. The summed E-state index contributed by atoms with van der Waals surface area (Å²) in [5.74, 6) is -2.28. The van der Waals surface area contributed by atoms with E-state index >= 15 is 0 Å². The Hall–Kier alpha value is -3.27. The van der Waals surface area contributed by atoms with Crippen LogP contribution >= 0.6 is 0 Å². The van der Waals surface area contributed by atoms with E-state index in [0.29, 0.717) is 23.9 Å². The summed E-state index contributed by atoms with van der Waals surface area (Å²) in [5.41, 5.74) is 0. The number of allylic oxidation sites excluding steroid dienone is 12. The summed E-state index contributed by atoms with van der Waals surface area (Å²) in [6.07, 6.45) is 76.8. The smallest absolute Gasteiger partial charge is 0.306 e. The lowest BCUT2D eigenvalue weighted by Crippen LogP contribution is -2.44. The highest BCUT2D eigenvalue weighted by Crippen LogP contribution is 2.17. The molecule has 0 aromatic carbocycles. The van der Waals surface area contributed by atoms with Gasteiger partial charge in [0.2, 0.25) is 0 Å². The molecule has 0 aliphatic heterocycles. The summed E-state index contributed by atoms with van der Waals surface area (Å²) in [6, 6.07) is 0. The fourth-order valence-corrected chi connectivity index (χ4v) is 9.38. The Bertz CT molecular complexity index is 1520. The van der Waals surface area contributed by atoms with E-state index in [1.807, 2.05) is 21.1 Å². The Morgan fingerprint density at radius 3 is 1.09 bits per heavy atom. The van der Waals surface area contributed by atoms with Crippen molar-refractivity contribution in [1.82, 2.24) is 0 Å². The number of carboxylic acids is 1. The molecular weight excluding hydrogens is 983 g/mol. The van der Waals surface area contributed by atoms with Crippen LogP contribution in [0.3, 0.4) is 0 Å². The van der Waals surface area contributed by atoms with Crippen molar-refractivity contribution in [3.05, 3.63) is 72.9 Å². The highest BCUT2D eigenvalue weighted by molar-refractivity contribution is 5.70. The van der Waals surface area contributed by atoms with Crippen LogP contribution in [0.15, 0.2) is 72.9 Å². The van der Waals surface area contributed by atoms with Gasteiger partial charge >= 0.3 is 11.9 Å². The van der Waals surface area contributed by atoms with Crippen molar-refractivity contribution < 1.29 is 42.9 Å². The number of quaternary nitrogens is 1. The van der Waals surface area contributed by atoms with E-state index in [9.17, 15) is 19.5 Å². The number of hydrogen-bond donors (Lipinski definition) is 0. The second-order valence-electron chi connectivity index (χ2n) is 23.4. The molecule has 0 saturated carbocycles. The Labute approximate surface area is 487 Å². The van der Waals surface area contributed by atoms with Crippen LogP contribution < -0.4 is 5.11 Å². The van der Waals surface area contributed by atoms with Crippen LogP contribution in [0.2, 0.25) is 0 Å². The third-order valence-corrected chi connectivity index (χ3v) is 14.4. The molecule has 0 heterocycles. The van der Waals surface area contributed by atoms with Gasteiger partial charge in [-0.3, -0.25) is 9.59 Å². The number of rotatable bonds is 61. The van der Waals surface area contributed by atoms with E-state index < -0.39 is 24.3 Å². The molecule has 0 aliphatic rings. The topological polar surface area (TPSA) is 111 Å². The van der Waals surface area contributed by atoms with Gasteiger partial charge in [-0.1, -0.05) is 273 Å². The van der Waals surface area contributed by atoms with E-state index in [2.05, 4.69) is 86.8 Å². The van der Waals surface area contributed by atoms with Gasteiger partial charge < -0.3 is 33.3 Å². The van der Waals surface area contributed by atoms with Crippen LogP contribution in [0.5, 0.6) is 0 Å². The SMILES string of the molecule is CC/C=C\C/C=C\C/C=C\C/C=C\C/C=C\CCCCCCCCCCCCCC(=O)OC(COC(=O)CCCCCCCCCCCCCCCCC/C=C\CCCCCCCCCC)COC(OCC[N+](C)(C)C)C(=O)[O-]. The summed E-state index contributed by atoms with van der Waals surface area (Å²) in [7, 11) is 5.93. The first-order chi connectivity index (χ1) is 38.6. The van der Waals surface area contributed by atoms with E-state index in [1.54, 1.807) is 0 Å². The van der Waals surface area contributed by atoms with Gasteiger partial charge in [0, 0.05) is 12.8 Å². The fraction of sp³-hybridized carbons (Fsp3) is 0.786. The number of unbranched alkanes of at least 4 members (excludes halogenated alkanes) is 34. The molecule has 0 saturated heterocycles. The molecular formula is C70H125NO8. The van der Waals surface area contributed by atoms with E-state index in [0.717, 1.165) is 77.0 Å². The number of aliphatic carboxylic acids is 1. The molecule has 0 aromatic rings. The van der Waals surface area contributed by atoms with Crippen molar-refractivity contribution in [2.24, 2.45) is 0 Å². The molecule has 0 bridgehead atoms. The second kappa shape index (κ2) is 60.8. The molecule has 79 heavy (non-hydrogen) atoms. The van der Waals surface area contributed by atoms with Gasteiger partial charge in [-0.05, 0) is 83.5 Å². The summed E-state index contributed by atoms with van der Waals surface area (Å²) in [5, 5.41) is 11.8. The maximum Gasteiger partial charge on any atom is 0.306 e. The first-order valence-corrected chi connectivity index (χ1v) is 33.1. The molecule has 0 spiro atoms. The van der Waals surface area contributed by atoms with Crippen molar-refractivity contribution in [2.75, 3.05) is 47.5 Å². The highest BCUT2D eigenvalue weighted by Gasteiger charge is 2.22. The molecule has 0 N–H and O–H groups in total. The molecule has 0 aromatic heterocycles. The van der Waals surface area contributed by atoms with Gasteiger partial charge in [-0.25, -0.2) is 0 Å². The third-order valence-electron chi connectivity index (χ3n) is 14.4. The summed E-state index contributed by atoms with van der Waals surface area (Å²) < 4.78 is 22.8. The fourth-order valence-electron chi connectivity index (χ4n) is 9.38. The zero-order valence-corrected chi connectivity index (χ0v) is 52.2. The number of ether oxygens (including phenoxy) is 4. The summed E-state index contributed by atoms with van der Waals surface area (Å²) in [4.78, 5) is 37.4. The Morgan fingerprint density at radius 1 is 0.392 bits per heavy atom. The van der Waals surface area contributed by atoms with Crippen LogP contribution in [-0.4, -0.2) is 82.3 Å². The van der Waals surface area contributed by atoms with Crippen LogP contribution in [-0.2, 0) is 33.3 Å². The molecule has 2 atom stereocenters. The number of carbonyl (C=O) groups is 3. The van der Waals surface area contributed by atoms with Crippen molar-refractivity contribution in [3.8, 4) is 0 Å². The Balaban J connectivity index is 4.15. The zero-order chi connectivity index (χ0) is 57.6. The lowest BCUT2D eigenvalue weighted by Gasteiger charge is -2.26. The molecule has 9 nitrogen and oxygen atoms in total. The lowest BCUT2D eigenvalue weighted by molar-refractivity contribution is -0.870. The van der Waals surface area contributed by atoms with Gasteiger partial charge in [0.15, 0.2) is 12.4 Å². The number of hydrogen-bond acceptors (Lipinski definition) is 8. The predicted octanol–water partition coefficient (Wildman–Crippen LogP) is 18.8. The highest BCUT2D eigenvalue weighted by atomic mass is 16.7.